The SMILES string of the molecule is CNc1ncc([N+](=O)[O-])cc1C(=O)NC(C)(C)C(N)=O. The summed E-state index contributed by atoms with van der Waals surface area (Å²) >= 11 is 0. The number of nitrogens with two attached hydrogens (primary N) is 1. The van der Waals surface area contributed by atoms with Crippen LogP contribution in [0.1, 0.15) is 24.2 Å². The van der Waals surface area contributed by atoms with Gasteiger partial charge in [0, 0.05) is 13.1 Å². The van der Waals surface area contributed by atoms with Crippen molar-refractivity contribution in [2.45, 2.75) is 19.4 Å². The van der Waals surface area contributed by atoms with Crippen LogP contribution in [-0.2, 0) is 4.79 Å². The van der Waals surface area contributed by atoms with Gasteiger partial charge in [-0.25, -0.2) is 4.98 Å². The van der Waals surface area contributed by atoms with E-state index in [9.17, 15) is 19.7 Å². The number of hydrogen-bond donors (Lipinski definition) is 3. The van der Waals surface area contributed by atoms with Crippen LogP contribution in [-0.4, -0.2) is 34.3 Å². The molecule has 1 aromatic rings. The van der Waals surface area contributed by atoms with E-state index in [0.717, 1.165) is 12.3 Å². The average molecular weight is 281 g/mol. The number of nitro groups is 1. The molecule has 20 heavy (non-hydrogen) atoms. The topological polar surface area (TPSA) is 140 Å². The Bertz CT molecular complexity index is 570. The van der Waals surface area contributed by atoms with Crippen LogP contribution in [0.25, 0.3) is 0 Å². The Morgan fingerprint density at radius 1 is 1.45 bits per heavy atom. The first-order valence-electron chi connectivity index (χ1n) is 5.63. The second kappa shape index (κ2) is 5.51. The van der Waals surface area contributed by atoms with Crippen LogP contribution in [0.5, 0.6) is 0 Å². The van der Waals surface area contributed by atoms with E-state index in [1.54, 1.807) is 0 Å². The van der Waals surface area contributed by atoms with E-state index < -0.39 is 22.3 Å². The lowest BCUT2D eigenvalue weighted by atomic mass is 10.0. The zero-order valence-corrected chi connectivity index (χ0v) is 11.3. The van der Waals surface area contributed by atoms with Crippen LogP contribution in [0, 0.1) is 10.1 Å². The molecule has 9 nitrogen and oxygen atoms in total. The van der Waals surface area contributed by atoms with Gasteiger partial charge in [0.1, 0.15) is 17.6 Å². The number of primary amides is 1. The molecule has 1 aromatic heterocycles. The third kappa shape index (κ3) is 3.19. The first-order valence-corrected chi connectivity index (χ1v) is 5.63. The lowest BCUT2D eigenvalue weighted by Crippen LogP contribution is -2.53. The third-order valence-electron chi connectivity index (χ3n) is 2.61. The summed E-state index contributed by atoms with van der Waals surface area (Å²) in [5.41, 5.74) is 3.49. The van der Waals surface area contributed by atoms with E-state index in [4.69, 9.17) is 5.73 Å². The monoisotopic (exact) mass is 281 g/mol. The number of nitrogens with one attached hydrogen (secondary N) is 2. The molecule has 0 bridgehead atoms. The van der Waals surface area contributed by atoms with Crippen molar-refractivity contribution in [2.24, 2.45) is 5.73 Å². The molecule has 108 valence electrons. The van der Waals surface area contributed by atoms with Gasteiger partial charge in [-0.15, -0.1) is 0 Å². The van der Waals surface area contributed by atoms with Crippen molar-refractivity contribution >= 4 is 23.3 Å². The fourth-order valence-electron chi connectivity index (χ4n) is 1.34. The summed E-state index contributed by atoms with van der Waals surface area (Å²) in [4.78, 5) is 37.1. The predicted molar refractivity (Wildman–Crippen MR) is 71.2 cm³/mol. The lowest BCUT2D eigenvalue weighted by Gasteiger charge is -2.22. The van der Waals surface area contributed by atoms with Gasteiger partial charge < -0.3 is 16.4 Å². The maximum absolute atomic E-state index is 12.1. The molecule has 0 aromatic carbocycles. The Morgan fingerprint density at radius 2 is 2.05 bits per heavy atom. The second-order valence-corrected chi connectivity index (χ2v) is 4.54. The number of pyridine rings is 1. The Hall–Kier alpha value is -2.71. The quantitative estimate of drug-likeness (QED) is 0.513. The summed E-state index contributed by atoms with van der Waals surface area (Å²) in [5.74, 6) is -1.25. The van der Waals surface area contributed by atoms with Crippen molar-refractivity contribution in [1.82, 2.24) is 10.3 Å². The first-order chi connectivity index (χ1) is 9.19. The molecule has 0 aliphatic rings. The summed E-state index contributed by atoms with van der Waals surface area (Å²) in [7, 11) is 1.52. The molecule has 4 N–H and O–H groups in total. The summed E-state index contributed by atoms with van der Waals surface area (Å²) in [5, 5.41) is 15.8. The molecule has 0 spiro atoms. The zero-order valence-electron chi connectivity index (χ0n) is 11.3. The van der Waals surface area contributed by atoms with E-state index in [2.05, 4.69) is 15.6 Å². The van der Waals surface area contributed by atoms with Crippen molar-refractivity contribution in [1.29, 1.82) is 0 Å². The summed E-state index contributed by atoms with van der Waals surface area (Å²) in [6.45, 7) is 2.86. The third-order valence-corrected chi connectivity index (χ3v) is 2.61. The Kier molecular flexibility index (Phi) is 4.23. The molecule has 0 saturated heterocycles. The smallest absolute Gasteiger partial charge is 0.288 e. The fourth-order valence-corrected chi connectivity index (χ4v) is 1.34. The van der Waals surface area contributed by atoms with Crippen molar-refractivity contribution in [3.05, 3.63) is 27.9 Å². The van der Waals surface area contributed by atoms with Gasteiger partial charge in [-0.1, -0.05) is 0 Å². The highest BCUT2D eigenvalue weighted by atomic mass is 16.6. The van der Waals surface area contributed by atoms with Crippen molar-refractivity contribution in [3.8, 4) is 0 Å². The molecule has 9 heteroatoms. The number of anilines is 1. The van der Waals surface area contributed by atoms with Gasteiger partial charge >= 0.3 is 0 Å². The van der Waals surface area contributed by atoms with Crippen LogP contribution in [0.2, 0.25) is 0 Å². The molecular formula is C11H15N5O4. The normalized spacial score (nSPS) is 10.8. The van der Waals surface area contributed by atoms with Crippen LogP contribution < -0.4 is 16.4 Å². The number of carbonyl (C=O) groups is 2. The van der Waals surface area contributed by atoms with E-state index >= 15 is 0 Å². The molecule has 0 fully saturated rings. The minimum atomic E-state index is -1.29. The molecule has 0 saturated carbocycles. The Balaban J connectivity index is 3.17. The molecule has 1 rings (SSSR count). The van der Waals surface area contributed by atoms with Gasteiger partial charge in [0.15, 0.2) is 0 Å². The van der Waals surface area contributed by atoms with Crippen LogP contribution >= 0.6 is 0 Å². The van der Waals surface area contributed by atoms with E-state index in [0.29, 0.717) is 0 Å². The number of rotatable bonds is 5. The molecule has 0 radical (unpaired) electrons. The van der Waals surface area contributed by atoms with Crippen molar-refractivity contribution in [2.75, 3.05) is 12.4 Å². The minimum absolute atomic E-state index is 0.0453. The minimum Gasteiger partial charge on any atom is -0.372 e. The maximum Gasteiger partial charge on any atom is 0.288 e. The van der Waals surface area contributed by atoms with Gasteiger partial charge in [0.25, 0.3) is 11.6 Å². The summed E-state index contributed by atoms with van der Waals surface area (Å²) in [6, 6.07) is 1.07. The molecule has 0 aliphatic carbocycles. The number of aromatic nitrogens is 1. The van der Waals surface area contributed by atoms with E-state index in [1.165, 1.54) is 20.9 Å². The van der Waals surface area contributed by atoms with Gasteiger partial charge in [-0.3, -0.25) is 19.7 Å². The Morgan fingerprint density at radius 3 is 2.50 bits per heavy atom. The first kappa shape index (κ1) is 15.3. The van der Waals surface area contributed by atoms with Gasteiger partial charge in [0.05, 0.1) is 10.5 Å². The average Bonchev–Trinajstić information content (AvgIpc) is 2.37. The fraction of sp³-hybridized carbons (Fsp3) is 0.364. The molecule has 0 atom stereocenters. The van der Waals surface area contributed by atoms with Crippen LogP contribution in [0.3, 0.4) is 0 Å². The number of hydrogen-bond acceptors (Lipinski definition) is 6. The van der Waals surface area contributed by atoms with Crippen LogP contribution in [0.15, 0.2) is 12.3 Å². The standard InChI is InChI=1S/C11H15N5O4/c1-11(2,10(12)18)15-9(17)7-4-6(16(19)20)5-14-8(7)13-3/h4-5H,1-3H3,(H2,12,18)(H,13,14)(H,15,17). The van der Waals surface area contributed by atoms with Crippen LogP contribution in [0.4, 0.5) is 11.5 Å². The van der Waals surface area contributed by atoms with Crippen molar-refractivity contribution in [3.63, 3.8) is 0 Å². The van der Waals surface area contributed by atoms with E-state index in [1.807, 2.05) is 0 Å². The lowest BCUT2D eigenvalue weighted by molar-refractivity contribution is -0.385. The van der Waals surface area contributed by atoms with Gasteiger partial charge in [-0.05, 0) is 13.8 Å². The predicted octanol–water partition coefficient (Wildman–Crippen LogP) is 0.0252. The molecule has 2 amide bonds. The zero-order chi connectivity index (χ0) is 15.5. The largest absolute Gasteiger partial charge is 0.372 e. The number of nitrogens with zero attached hydrogens (tertiary/aromatic N) is 2. The van der Waals surface area contributed by atoms with Gasteiger partial charge in [-0.2, -0.15) is 0 Å². The maximum atomic E-state index is 12.1. The van der Waals surface area contributed by atoms with Gasteiger partial charge in [0.2, 0.25) is 5.91 Å². The number of amides is 2. The highest BCUT2D eigenvalue weighted by Crippen LogP contribution is 2.19. The van der Waals surface area contributed by atoms with E-state index in [-0.39, 0.29) is 17.1 Å². The molecular weight excluding hydrogens is 266 g/mol. The molecule has 0 unspecified atom stereocenters. The molecule has 1 heterocycles. The molecule has 0 aliphatic heterocycles. The summed E-state index contributed by atoms with van der Waals surface area (Å²) in [6.07, 6.45) is 1.03. The summed E-state index contributed by atoms with van der Waals surface area (Å²) < 4.78 is 0. The number of carbonyl (C=O) groups excluding carboxylic acids is 2. The Labute approximate surface area is 114 Å². The van der Waals surface area contributed by atoms with Crippen molar-refractivity contribution < 1.29 is 14.5 Å². The second-order valence-electron chi connectivity index (χ2n) is 4.54. The highest BCUT2D eigenvalue weighted by Gasteiger charge is 2.29. The highest BCUT2D eigenvalue weighted by molar-refractivity contribution is 6.02.